The molecule has 0 heterocycles. The normalized spacial score (nSPS) is 11.5. The van der Waals surface area contributed by atoms with E-state index in [1.54, 1.807) is 0 Å². The topological polar surface area (TPSA) is 9.23 Å². The number of hydrogen-bond donors (Lipinski definition) is 0. The van der Waals surface area contributed by atoms with Crippen LogP contribution < -0.4 is 0 Å². The first-order chi connectivity index (χ1) is 7.38. The van der Waals surface area contributed by atoms with Gasteiger partial charge >= 0.3 is 0 Å². The maximum Gasteiger partial charge on any atom is 0.122 e. The van der Waals surface area contributed by atoms with Crippen molar-refractivity contribution in [2.24, 2.45) is 0 Å². The smallest absolute Gasteiger partial charge is 0.122 e. The lowest BCUT2D eigenvalue weighted by Gasteiger charge is -2.08. The zero-order chi connectivity index (χ0) is 10.9. The number of ether oxygens (including phenoxy) is 1. The van der Waals surface area contributed by atoms with E-state index in [4.69, 9.17) is 4.74 Å². The monoisotopic (exact) mass is 204 g/mol. The molecule has 0 saturated heterocycles. The van der Waals surface area contributed by atoms with Crippen LogP contribution in [0.25, 0.3) is 5.76 Å². The molecule has 0 amide bonds. The van der Waals surface area contributed by atoms with Gasteiger partial charge in [-0.1, -0.05) is 43.7 Å². The Balaban J connectivity index is 2.69. The standard InChI is InChI=1S/C14H20O/c1-3-5-7-12-14(15-4-2)13-10-8-6-9-11-13/h6,8-12H,3-5,7H2,1-2H3/b14-12+. The summed E-state index contributed by atoms with van der Waals surface area (Å²) in [6.07, 6.45) is 5.75. The Morgan fingerprint density at radius 3 is 2.53 bits per heavy atom. The highest BCUT2D eigenvalue weighted by atomic mass is 16.5. The summed E-state index contributed by atoms with van der Waals surface area (Å²) < 4.78 is 5.64. The average Bonchev–Trinajstić information content (AvgIpc) is 2.29. The van der Waals surface area contributed by atoms with E-state index in [1.165, 1.54) is 18.4 Å². The molecule has 0 bridgehead atoms. The molecule has 0 saturated carbocycles. The highest BCUT2D eigenvalue weighted by Gasteiger charge is 1.99. The molecule has 15 heavy (non-hydrogen) atoms. The van der Waals surface area contributed by atoms with Gasteiger partial charge in [-0.05, 0) is 25.8 Å². The van der Waals surface area contributed by atoms with Crippen molar-refractivity contribution in [3.63, 3.8) is 0 Å². The summed E-state index contributed by atoms with van der Waals surface area (Å²) >= 11 is 0. The van der Waals surface area contributed by atoms with Gasteiger partial charge in [-0.2, -0.15) is 0 Å². The minimum atomic E-state index is 0.729. The highest BCUT2D eigenvalue weighted by molar-refractivity contribution is 5.59. The van der Waals surface area contributed by atoms with Crippen LogP contribution >= 0.6 is 0 Å². The first-order valence-electron chi connectivity index (χ1n) is 5.76. The van der Waals surface area contributed by atoms with E-state index in [0.29, 0.717) is 0 Å². The van der Waals surface area contributed by atoms with E-state index < -0.39 is 0 Å². The Morgan fingerprint density at radius 2 is 1.93 bits per heavy atom. The molecule has 0 N–H and O–H groups in total. The summed E-state index contributed by atoms with van der Waals surface area (Å²) in [6.45, 7) is 4.96. The van der Waals surface area contributed by atoms with Crippen molar-refractivity contribution in [3.8, 4) is 0 Å². The fourth-order valence-electron chi connectivity index (χ4n) is 1.46. The second kappa shape index (κ2) is 7.10. The Morgan fingerprint density at radius 1 is 1.20 bits per heavy atom. The molecule has 0 aliphatic heterocycles. The first kappa shape index (κ1) is 11.8. The molecular formula is C14H20O. The Kier molecular flexibility index (Phi) is 5.60. The second-order valence-electron chi connectivity index (χ2n) is 3.51. The van der Waals surface area contributed by atoms with E-state index in [0.717, 1.165) is 18.8 Å². The molecule has 1 nitrogen and oxygen atoms in total. The van der Waals surface area contributed by atoms with Gasteiger partial charge in [0.15, 0.2) is 0 Å². The van der Waals surface area contributed by atoms with Crippen molar-refractivity contribution in [2.45, 2.75) is 33.1 Å². The van der Waals surface area contributed by atoms with Crippen LogP contribution in [0.2, 0.25) is 0 Å². The van der Waals surface area contributed by atoms with Crippen molar-refractivity contribution in [1.82, 2.24) is 0 Å². The summed E-state index contributed by atoms with van der Waals surface area (Å²) in [5, 5.41) is 0. The molecule has 1 aromatic carbocycles. The third kappa shape index (κ3) is 4.20. The lowest BCUT2D eigenvalue weighted by molar-refractivity contribution is 0.297. The number of rotatable bonds is 6. The Bertz CT molecular complexity index is 287. The van der Waals surface area contributed by atoms with Crippen molar-refractivity contribution in [3.05, 3.63) is 42.0 Å². The summed E-state index contributed by atoms with van der Waals surface area (Å²) in [5.74, 6) is 1.02. The van der Waals surface area contributed by atoms with Gasteiger partial charge in [-0.3, -0.25) is 0 Å². The van der Waals surface area contributed by atoms with Crippen molar-refractivity contribution < 1.29 is 4.74 Å². The quantitative estimate of drug-likeness (QED) is 0.497. The van der Waals surface area contributed by atoms with E-state index in [9.17, 15) is 0 Å². The van der Waals surface area contributed by atoms with E-state index >= 15 is 0 Å². The number of hydrogen-bond acceptors (Lipinski definition) is 1. The van der Waals surface area contributed by atoms with Gasteiger partial charge in [0.25, 0.3) is 0 Å². The van der Waals surface area contributed by atoms with Crippen LogP contribution in [-0.2, 0) is 4.74 Å². The van der Waals surface area contributed by atoms with Gasteiger partial charge in [0.05, 0.1) is 6.61 Å². The molecule has 0 aliphatic rings. The molecule has 0 radical (unpaired) electrons. The molecule has 0 fully saturated rings. The van der Waals surface area contributed by atoms with Crippen LogP contribution in [-0.4, -0.2) is 6.61 Å². The molecule has 0 unspecified atom stereocenters. The third-order valence-electron chi connectivity index (χ3n) is 2.25. The highest BCUT2D eigenvalue weighted by Crippen LogP contribution is 2.16. The van der Waals surface area contributed by atoms with Gasteiger partial charge in [-0.25, -0.2) is 0 Å². The van der Waals surface area contributed by atoms with Crippen LogP contribution in [0, 0.1) is 0 Å². The average molecular weight is 204 g/mol. The van der Waals surface area contributed by atoms with Crippen LogP contribution in [0.5, 0.6) is 0 Å². The summed E-state index contributed by atoms with van der Waals surface area (Å²) in [4.78, 5) is 0. The van der Waals surface area contributed by atoms with E-state index in [-0.39, 0.29) is 0 Å². The van der Waals surface area contributed by atoms with Gasteiger partial charge < -0.3 is 4.74 Å². The molecule has 0 aromatic heterocycles. The first-order valence-corrected chi connectivity index (χ1v) is 5.76. The number of unbranched alkanes of at least 4 members (excludes halogenated alkanes) is 2. The van der Waals surface area contributed by atoms with Gasteiger partial charge in [0.1, 0.15) is 5.76 Å². The zero-order valence-electron chi connectivity index (χ0n) is 9.70. The summed E-state index contributed by atoms with van der Waals surface area (Å²) in [5.41, 5.74) is 1.18. The Labute approximate surface area is 92.8 Å². The summed E-state index contributed by atoms with van der Waals surface area (Å²) in [7, 11) is 0. The van der Waals surface area contributed by atoms with Crippen LogP contribution in [0.3, 0.4) is 0 Å². The lowest BCUT2D eigenvalue weighted by atomic mass is 10.1. The minimum Gasteiger partial charge on any atom is -0.494 e. The van der Waals surface area contributed by atoms with Gasteiger partial charge in [0.2, 0.25) is 0 Å². The SMILES string of the molecule is CCCC/C=C(/OCC)c1ccccc1. The number of allylic oxidation sites excluding steroid dienone is 1. The molecule has 1 heteroatoms. The van der Waals surface area contributed by atoms with Gasteiger partial charge in [0, 0.05) is 5.56 Å². The van der Waals surface area contributed by atoms with Crippen LogP contribution in [0.1, 0.15) is 38.7 Å². The predicted molar refractivity (Wildman–Crippen MR) is 65.6 cm³/mol. The van der Waals surface area contributed by atoms with Gasteiger partial charge in [-0.15, -0.1) is 0 Å². The third-order valence-corrected chi connectivity index (χ3v) is 2.25. The van der Waals surface area contributed by atoms with E-state index in [2.05, 4.69) is 25.1 Å². The van der Waals surface area contributed by atoms with Crippen LogP contribution in [0.15, 0.2) is 36.4 Å². The Hall–Kier alpha value is -1.24. The second-order valence-corrected chi connectivity index (χ2v) is 3.51. The molecule has 1 rings (SSSR count). The molecule has 82 valence electrons. The molecule has 1 aromatic rings. The van der Waals surface area contributed by atoms with E-state index in [1.807, 2.05) is 25.1 Å². The zero-order valence-corrected chi connectivity index (χ0v) is 9.70. The minimum absolute atomic E-state index is 0.729. The number of benzene rings is 1. The van der Waals surface area contributed by atoms with Crippen LogP contribution in [0.4, 0.5) is 0 Å². The van der Waals surface area contributed by atoms with Crippen molar-refractivity contribution in [2.75, 3.05) is 6.61 Å². The molecule has 0 spiro atoms. The van der Waals surface area contributed by atoms with Crippen molar-refractivity contribution in [1.29, 1.82) is 0 Å². The molecular weight excluding hydrogens is 184 g/mol. The van der Waals surface area contributed by atoms with Crippen molar-refractivity contribution >= 4 is 5.76 Å². The largest absolute Gasteiger partial charge is 0.494 e. The lowest BCUT2D eigenvalue weighted by Crippen LogP contribution is -1.91. The summed E-state index contributed by atoms with van der Waals surface area (Å²) in [6, 6.07) is 10.3. The molecule has 0 aliphatic carbocycles. The fourth-order valence-corrected chi connectivity index (χ4v) is 1.46. The molecule has 0 atom stereocenters. The fraction of sp³-hybridized carbons (Fsp3) is 0.429. The predicted octanol–water partition coefficient (Wildman–Crippen LogP) is 4.25. The maximum absolute atomic E-state index is 5.64. The maximum atomic E-state index is 5.64.